The van der Waals surface area contributed by atoms with Gasteiger partial charge >= 0.3 is 0 Å². The normalized spacial score (nSPS) is 57.4. The summed E-state index contributed by atoms with van der Waals surface area (Å²) < 4.78 is 0. The third kappa shape index (κ3) is 1.25. The highest BCUT2D eigenvalue weighted by molar-refractivity contribution is 5.12. The van der Waals surface area contributed by atoms with Crippen LogP contribution in [0.4, 0.5) is 0 Å². The van der Waals surface area contributed by atoms with E-state index in [1.165, 1.54) is 38.5 Å². The zero-order valence-electron chi connectivity index (χ0n) is 10.2. The van der Waals surface area contributed by atoms with E-state index < -0.39 is 0 Å². The molecule has 1 nitrogen and oxygen atoms in total. The van der Waals surface area contributed by atoms with Crippen LogP contribution in [0.5, 0.6) is 0 Å². The molecule has 0 aromatic rings. The fourth-order valence-electron chi connectivity index (χ4n) is 5.31. The summed E-state index contributed by atoms with van der Waals surface area (Å²) in [6.07, 6.45) is 8.54. The minimum absolute atomic E-state index is 0.227. The lowest BCUT2D eigenvalue weighted by molar-refractivity contribution is -0.0997. The predicted molar refractivity (Wildman–Crippen MR) is 63.4 cm³/mol. The molecule has 4 rings (SSSR count). The van der Waals surface area contributed by atoms with E-state index in [0.717, 1.165) is 29.6 Å². The van der Waals surface area contributed by atoms with Gasteiger partial charge < -0.3 is 5.73 Å². The second kappa shape index (κ2) is 3.23. The summed E-state index contributed by atoms with van der Waals surface area (Å²) in [5.41, 5.74) is 7.02. The third-order valence-corrected chi connectivity index (χ3v) is 5.93. The molecule has 0 amide bonds. The van der Waals surface area contributed by atoms with Gasteiger partial charge in [-0.1, -0.05) is 20.3 Å². The molecule has 6 atom stereocenters. The highest BCUT2D eigenvalue weighted by atomic mass is 14.8. The fourth-order valence-corrected chi connectivity index (χ4v) is 5.31. The Morgan fingerprint density at radius 2 is 1.93 bits per heavy atom. The Bertz CT molecular complexity index is 262. The zero-order chi connectivity index (χ0) is 10.6. The van der Waals surface area contributed by atoms with Crippen LogP contribution < -0.4 is 5.73 Å². The maximum Gasteiger partial charge on any atom is 0.0216 e. The Kier molecular flexibility index (Phi) is 2.18. The lowest BCUT2D eigenvalue weighted by Crippen LogP contribution is -2.66. The van der Waals surface area contributed by atoms with Gasteiger partial charge in [0.05, 0.1) is 0 Å². The quantitative estimate of drug-likeness (QED) is 0.739. The van der Waals surface area contributed by atoms with Crippen molar-refractivity contribution in [2.45, 2.75) is 57.9 Å². The molecule has 0 heterocycles. The van der Waals surface area contributed by atoms with Crippen molar-refractivity contribution in [2.24, 2.45) is 35.3 Å². The van der Waals surface area contributed by atoms with Crippen molar-refractivity contribution in [3.63, 3.8) is 0 Å². The van der Waals surface area contributed by atoms with E-state index in [2.05, 4.69) is 13.8 Å². The van der Waals surface area contributed by atoms with Gasteiger partial charge in [-0.2, -0.15) is 0 Å². The molecule has 0 aliphatic heterocycles. The molecule has 4 saturated carbocycles. The Labute approximate surface area is 93.8 Å². The van der Waals surface area contributed by atoms with Gasteiger partial charge in [0.25, 0.3) is 0 Å². The van der Waals surface area contributed by atoms with Crippen LogP contribution in [0.15, 0.2) is 0 Å². The first-order chi connectivity index (χ1) is 7.15. The monoisotopic (exact) mass is 207 g/mol. The van der Waals surface area contributed by atoms with E-state index in [0.29, 0.717) is 0 Å². The van der Waals surface area contributed by atoms with E-state index in [1.54, 1.807) is 0 Å². The van der Waals surface area contributed by atoms with Crippen molar-refractivity contribution < 1.29 is 0 Å². The molecule has 86 valence electrons. The summed E-state index contributed by atoms with van der Waals surface area (Å²) in [5, 5.41) is 0. The second-order valence-electron chi connectivity index (χ2n) is 6.59. The van der Waals surface area contributed by atoms with Gasteiger partial charge in [0.15, 0.2) is 0 Å². The van der Waals surface area contributed by atoms with Crippen LogP contribution >= 0.6 is 0 Å². The molecule has 0 spiro atoms. The van der Waals surface area contributed by atoms with Crippen LogP contribution in [0.1, 0.15) is 52.4 Å². The summed E-state index contributed by atoms with van der Waals surface area (Å²) in [7, 11) is 0. The molecule has 15 heavy (non-hydrogen) atoms. The Hall–Kier alpha value is -0.0400. The van der Waals surface area contributed by atoms with Crippen molar-refractivity contribution >= 4 is 0 Å². The third-order valence-electron chi connectivity index (χ3n) is 5.93. The molecule has 0 radical (unpaired) electrons. The van der Waals surface area contributed by atoms with Gasteiger partial charge in [-0.25, -0.2) is 0 Å². The van der Waals surface area contributed by atoms with Crippen LogP contribution in [0.25, 0.3) is 0 Å². The smallest absolute Gasteiger partial charge is 0.0216 e. The highest BCUT2D eigenvalue weighted by Gasteiger charge is 2.58. The average Bonchev–Trinajstić information content (AvgIpc) is 2.20. The van der Waals surface area contributed by atoms with Gasteiger partial charge in [0, 0.05) is 5.54 Å². The average molecular weight is 207 g/mol. The molecule has 5 unspecified atom stereocenters. The maximum atomic E-state index is 6.79. The van der Waals surface area contributed by atoms with Gasteiger partial charge in [0.2, 0.25) is 0 Å². The van der Waals surface area contributed by atoms with E-state index in [9.17, 15) is 0 Å². The Morgan fingerprint density at radius 1 is 1.20 bits per heavy atom. The second-order valence-corrected chi connectivity index (χ2v) is 6.59. The molecular weight excluding hydrogens is 182 g/mol. The number of hydrogen-bond donors (Lipinski definition) is 1. The van der Waals surface area contributed by atoms with Crippen LogP contribution in [0.2, 0.25) is 0 Å². The largest absolute Gasteiger partial charge is 0.325 e. The number of rotatable bonds is 2. The van der Waals surface area contributed by atoms with Gasteiger partial charge in [-0.3, -0.25) is 0 Å². The molecular formula is C14H25N. The summed E-state index contributed by atoms with van der Waals surface area (Å²) in [4.78, 5) is 0. The van der Waals surface area contributed by atoms with Crippen molar-refractivity contribution in [3.05, 3.63) is 0 Å². The topological polar surface area (TPSA) is 26.0 Å². The summed E-state index contributed by atoms with van der Waals surface area (Å²) in [6.45, 7) is 4.75. The first-order valence-corrected chi connectivity index (χ1v) is 6.94. The molecule has 4 aliphatic rings. The number of hydrogen-bond acceptors (Lipinski definition) is 1. The van der Waals surface area contributed by atoms with Crippen LogP contribution in [-0.4, -0.2) is 5.54 Å². The lowest BCUT2D eigenvalue weighted by Gasteiger charge is -2.63. The Morgan fingerprint density at radius 3 is 2.67 bits per heavy atom. The zero-order valence-corrected chi connectivity index (χ0v) is 10.2. The predicted octanol–water partition coefficient (Wildman–Crippen LogP) is 3.19. The molecule has 0 aromatic carbocycles. The molecule has 4 fully saturated rings. The standard InChI is InChI=1S/C14H25N/c1-3-4-13-12-6-10-5-11(7-12)9(2)14(13,15)8-10/h9-13H,3-8,15H2,1-2H3/t9?,10?,11?,12?,13?,14-/m0/s1. The van der Waals surface area contributed by atoms with Crippen LogP contribution in [-0.2, 0) is 0 Å². The first-order valence-electron chi connectivity index (χ1n) is 6.94. The van der Waals surface area contributed by atoms with Crippen molar-refractivity contribution in [2.75, 3.05) is 0 Å². The van der Waals surface area contributed by atoms with Crippen LogP contribution in [0, 0.1) is 29.6 Å². The van der Waals surface area contributed by atoms with E-state index in [1.807, 2.05) is 0 Å². The minimum Gasteiger partial charge on any atom is -0.325 e. The molecule has 0 saturated heterocycles. The van der Waals surface area contributed by atoms with E-state index in [-0.39, 0.29) is 5.54 Å². The molecule has 4 aliphatic carbocycles. The molecule has 0 aromatic heterocycles. The van der Waals surface area contributed by atoms with Gasteiger partial charge in [-0.05, 0) is 61.7 Å². The van der Waals surface area contributed by atoms with E-state index >= 15 is 0 Å². The van der Waals surface area contributed by atoms with Crippen molar-refractivity contribution in [1.29, 1.82) is 0 Å². The SMILES string of the molecule is CCCC1C2CC3CC(C2)C(C)[C@@]1(N)C3. The summed E-state index contributed by atoms with van der Waals surface area (Å²) in [5.74, 6) is 4.60. The summed E-state index contributed by atoms with van der Waals surface area (Å²) >= 11 is 0. The number of nitrogens with two attached hydrogens (primary N) is 1. The minimum atomic E-state index is 0.227. The lowest BCUT2D eigenvalue weighted by atomic mass is 9.44. The van der Waals surface area contributed by atoms with Crippen LogP contribution in [0.3, 0.4) is 0 Å². The van der Waals surface area contributed by atoms with Crippen molar-refractivity contribution in [3.8, 4) is 0 Å². The first kappa shape index (κ1) is 10.1. The summed E-state index contributed by atoms with van der Waals surface area (Å²) in [6, 6.07) is 0. The molecule has 1 heteroatoms. The van der Waals surface area contributed by atoms with E-state index in [4.69, 9.17) is 5.73 Å². The van der Waals surface area contributed by atoms with Gasteiger partial charge in [0.1, 0.15) is 0 Å². The Balaban J connectivity index is 1.92. The van der Waals surface area contributed by atoms with Gasteiger partial charge in [-0.15, -0.1) is 0 Å². The van der Waals surface area contributed by atoms with Crippen molar-refractivity contribution in [1.82, 2.24) is 0 Å². The maximum absolute atomic E-state index is 6.79. The molecule has 4 bridgehead atoms. The fraction of sp³-hybridized carbons (Fsp3) is 1.00. The highest BCUT2D eigenvalue weighted by Crippen LogP contribution is 2.60. The molecule has 2 N–H and O–H groups in total.